The quantitative estimate of drug-likeness (QED) is 0.590. The highest BCUT2D eigenvalue weighted by Crippen LogP contribution is 2.27. The van der Waals surface area contributed by atoms with Gasteiger partial charge in [0, 0.05) is 7.05 Å². The fourth-order valence-electron chi connectivity index (χ4n) is 1.85. The number of aryl methyl sites for hydroxylation is 2. The van der Waals surface area contributed by atoms with Crippen LogP contribution in [0.25, 0.3) is 0 Å². The second kappa shape index (κ2) is 8.25. The van der Waals surface area contributed by atoms with Crippen LogP contribution in [0, 0.1) is 6.92 Å². The average Bonchev–Trinajstić information content (AvgIpc) is 3.10. The van der Waals surface area contributed by atoms with Crippen molar-refractivity contribution in [2.24, 2.45) is 7.05 Å². The lowest BCUT2D eigenvalue weighted by atomic mass is 10.3. The Morgan fingerprint density at radius 3 is 2.79 bits per heavy atom. The molecule has 0 unspecified atom stereocenters. The molecule has 0 aliphatic heterocycles. The fourth-order valence-corrected chi connectivity index (χ4v) is 3.61. The Kier molecular flexibility index (Phi) is 6.32. The molecule has 0 aliphatic carbocycles. The molecule has 8 nitrogen and oxygen atoms in total. The van der Waals surface area contributed by atoms with Gasteiger partial charge in [0.1, 0.15) is 11.2 Å². The highest BCUT2D eigenvalue weighted by molar-refractivity contribution is 8.00. The number of rotatable bonds is 7. The summed E-state index contributed by atoms with van der Waals surface area (Å²) in [6, 6.07) is 0. The highest BCUT2D eigenvalue weighted by Gasteiger charge is 2.23. The zero-order chi connectivity index (χ0) is 17.7. The minimum absolute atomic E-state index is 0.186. The van der Waals surface area contributed by atoms with E-state index in [4.69, 9.17) is 4.74 Å². The van der Waals surface area contributed by atoms with E-state index in [1.807, 2.05) is 14.0 Å². The predicted molar refractivity (Wildman–Crippen MR) is 92.4 cm³/mol. The highest BCUT2D eigenvalue weighted by atomic mass is 32.2. The molecule has 0 saturated carbocycles. The number of hydrogen-bond acceptors (Lipinski definition) is 8. The number of anilines is 1. The Morgan fingerprint density at radius 2 is 2.21 bits per heavy atom. The average molecular weight is 369 g/mol. The molecular formula is C14H19N5O3S2. The minimum Gasteiger partial charge on any atom is -0.462 e. The van der Waals surface area contributed by atoms with Gasteiger partial charge in [-0.3, -0.25) is 4.79 Å². The monoisotopic (exact) mass is 369 g/mol. The van der Waals surface area contributed by atoms with Gasteiger partial charge in [0.2, 0.25) is 5.91 Å². The van der Waals surface area contributed by atoms with Crippen molar-refractivity contribution < 1.29 is 14.3 Å². The van der Waals surface area contributed by atoms with Crippen molar-refractivity contribution in [1.29, 1.82) is 0 Å². The summed E-state index contributed by atoms with van der Waals surface area (Å²) in [5.41, 5.74) is 0.544. The molecule has 2 aromatic rings. The topological polar surface area (TPSA) is 99.0 Å². The van der Waals surface area contributed by atoms with Gasteiger partial charge in [0.15, 0.2) is 10.3 Å². The van der Waals surface area contributed by atoms with Gasteiger partial charge in [-0.1, -0.05) is 30.0 Å². The summed E-state index contributed by atoms with van der Waals surface area (Å²) in [6.45, 7) is 5.67. The molecule has 2 rings (SSSR count). The van der Waals surface area contributed by atoms with Crippen molar-refractivity contribution in [1.82, 2.24) is 19.7 Å². The van der Waals surface area contributed by atoms with Gasteiger partial charge in [0.05, 0.1) is 17.6 Å². The molecule has 1 N–H and O–H groups in total. The summed E-state index contributed by atoms with van der Waals surface area (Å²) in [6.07, 6.45) is 2.21. The molecule has 0 aromatic carbocycles. The molecular weight excluding hydrogens is 350 g/mol. The molecule has 10 heteroatoms. The maximum atomic E-state index is 12.5. The molecule has 0 radical (unpaired) electrons. The van der Waals surface area contributed by atoms with Crippen LogP contribution < -0.4 is 5.32 Å². The molecule has 0 spiro atoms. The molecule has 1 amide bonds. The van der Waals surface area contributed by atoms with E-state index in [1.54, 1.807) is 24.7 Å². The zero-order valence-corrected chi connectivity index (χ0v) is 15.5. The van der Waals surface area contributed by atoms with Crippen molar-refractivity contribution in [3.63, 3.8) is 0 Å². The van der Waals surface area contributed by atoms with Gasteiger partial charge in [0.25, 0.3) is 0 Å². The van der Waals surface area contributed by atoms with Crippen molar-refractivity contribution in [3.05, 3.63) is 16.9 Å². The van der Waals surface area contributed by atoms with Crippen LogP contribution in [0.15, 0.2) is 11.5 Å². The van der Waals surface area contributed by atoms with Crippen LogP contribution in [-0.2, 0) is 16.6 Å². The predicted octanol–water partition coefficient (Wildman–Crippen LogP) is 2.27. The van der Waals surface area contributed by atoms with Crippen LogP contribution in [-0.4, -0.2) is 43.5 Å². The van der Waals surface area contributed by atoms with Gasteiger partial charge < -0.3 is 14.6 Å². The van der Waals surface area contributed by atoms with Crippen LogP contribution in [0.4, 0.5) is 5.13 Å². The number of esters is 1. The Hall–Kier alpha value is -1.94. The molecule has 0 aliphatic rings. The largest absolute Gasteiger partial charge is 0.462 e. The second-order valence-corrected chi connectivity index (χ2v) is 7.05. The lowest BCUT2D eigenvalue weighted by molar-refractivity contribution is -0.115. The van der Waals surface area contributed by atoms with Crippen LogP contribution in [0.3, 0.4) is 0 Å². The summed E-state index contributed by atoms with van der Waals surface area (Å²) >= 11 is 2.45. The summed E-state index contributed by atoms with van der Waals surface area (Å²) in [5, 5.41) is 11.3. The smallest absolute Gasteiger partial charge is 0.350 e. The normalized spacial score (nSPS) is 12.0. The summed E-state index contributed by atoms with van der Waals surface area (Å²) in [7, 11) is 1.82. The molecule has 1 atom stereocenters. The number of ether oxygens (including phenoxy) is 1. The van der Waals surface area contributed by atoms with Gasteiger partial charge in [-0.2, -0.15) is 0 Å². The van der Waals surface area contributed by atoms with Crippen LogP contribution >= 0.6 is 23.1 Å². The Labute approximate surface area is 148 Å². The summed E-state index contributed by atoms with van der Waals surface area (Å²) < 4.78 is 6.73. The number of carbonyl (C=O) groups is 2. The van der Waals surface area contributed by atoms with Crippen molar-refractivity contribution in [3.8, 4) is 0 Å². The Morgan fingerprint density at radius 1 is 1.46 bits per heavy atom. The van der Waals surface area contributed by atoms with Crippen molar-refractivity contribution >= 4 is 40.1 Å². The SMILES string of the molecule is CCOC(=O)c1sc(NC(=O)[C@@H](CC)Sc2nncn2C)nc1C. The van der Waals surface area contributed by atoms with Crippen LogP contribution in [0.5, 0.6) is 0 Å². The minimum atomic E-state index is -0.423. The van der Waals surface area contributed by atoms with Gasteiger partial charge in [-0.05, 0) is 20.3 Å². The molecule has 0 bridgehead atoms. The standard InChI is InChI=1S/C14H19N5O3S2/c1-5-9(23-14-18-15-7-19(14)4)11(20)17-13-16-8(3)10(24-13)12(21)22-6-2/h7,9H,5-6H2,1-4H3,(H,16,17,20)/t9-/m1/s1. The molecule has 0 fully saturated rings. The number of nitrogens with one attached hydrogen (secondary N) is 1. The lowest BCUT2D eigenvalue weighted by Gasteiger charge is -2.12. The van der Waals surface area contributed by atoms with Crippen LogP contribution in [0.1, 0.15) is 35.6 Å². The summed E-state index contributed by atoms with van der Waals surface area (Å²) in [4.78, 5) is 28.9. The number of carbonyl (C=O) groups excluding carboxylic acids is 2. The molecule has 24 heavy (non-hydrogen) atoms. The number of amides is 1. The van der Waals surface area contributed by atoms with Crippen molar-refractivity contribution in [2.45, 2.75) is 37.6 Å². The number of aromatic nitrogens is 4. The van der Waals surface area contributed by atoms with E-state index in [9.17, 15) is 9.59 Å². The van der Waals surface area contributed by atoms with E-state index in [-0.39, 0.29) is 11.2 Å². The van der Waals surface area contributed by atoms with Gasteiger partial charge in [-0.15, -0.1) is 10.2 Å². The molecule has 0 saturated heterocycles. The van der Waals surface area contributed by atoms with E-state index in [1.165, 1.54) is 11.8 Å². The van der Waals surface area contributed by atoms with E-state index < -0.39 is 5.97 Å². The first kappa shape index (κ1) is 18.4. The van der Waals surface area contributed by atoms with Gasteiger partial charge >= 0.3 is 5.97 Å². The van der Waals surface area contributed by atoms with E-state index >= 15 is 0 Å². The van der Waals surface area contributed by atoms with E-state index in [0.29, 0.717) is 33.9 Å². The first-order chi connectivity index (χ1) is 11.5. The molecule has 130 valence electrons. The third-order valence-electron chi connectivity index (χ3n) is 3.07. The Bertz CT molecular complexity index is 728. The second-order valence-electron chi connectivity index (χ2n) is 4.88. The summed E-state index contributed by atoms with van der Waals surface area (Å²) in [5.74, 6) is -0.608. The maximum absolute atomic E-state index is 12.5. The maximum Gasteiger partial charge on any atom is 0.350 e. The lowest BCUT2D eigenvalue weighted by Crippen LogP contribution is -2.24. The van der Waals surface area contributed by atoms with Gasteiger partial charge in [-0.25, -0.2) is 9.78 Å². The third-order valence-corrected chi connectivity index (χ3v) is 5.53. The third kappa shape index (κ3) is 4.32. The number of thioether (sulfide) groups is 1. The molecule has 2 aromatic heterocycles. The molecule has 2 heterocycles. The first-order valence-electron chi connectivity index (χ1n) is 7.42. The number of nitrogens with zero attached hydrogens (tertiary/aromatic N) is 4. The first-order valence-corrected chi connectivity index (χ1v) is 9.11. The Balaban J connectivity index is 2.06. The fraction of sp³-hybridized carbons (Fsp3) is 0.500. The van der Waals surface area contributed by atoms with Crippen molar-refractivity contribution in [2.75, 3.05) is 11.9 Å². The number of hydrogen-bond donors (Lipinski definition) is 1. The van der Waals surface area contributed by atoms with E-state index in [2.05, 4.69) is 20.5 Å². The zero-order valence-electron chi connectivity index (χ0n) is 13.9. The number of thiazole rings is 1. The van der Waals surface area contributed by atoms with Crippen LogP contribution in [0.2, 0.25) is 0 Å². The van der Waals surface area contributed by atoms with E-state index in [0.717, 1.165) is 11.3 Å².